The predicted octanol–water partition coefficient (Wildman–Crippen LogP) is 0.441. The van der Waals surface area contributed by atoms with E-state index in [-0.39, 0.29) is 18.4 Å². The summed E-state index contributed by atoms with van der Waals surface area (Å²) in [6.07, 6.45) is -0.856. The summed E-state index contributed by atoms with van der Waals surface area (Å²) in [6, 6.07) is 6.37. The van der Waals surface area contributed by atoms with E-state index in [1.165, 1.54) is 11.8 Å². The number of rotatable bonds is 4. The topological polar surface area (TPSA) is 87.7 Å². The minimum Gasteiger partial charge on any atom is -0.477 e. The Morgan fingerprint density at radius 1 is 1.35 bits per heavy atom. The van der Waals surface area contributed by atoms with Gasteiger partial charge in [-0.3, -0.25) is 14.4 Å². The molecule has 3 amide bonds. The molecule has 2 unspecified atom stereocenters. The van der Waals surface area contributed by atoms with E-state index in [9.17, 15) is 14.4 Å². The van der Waals surface area contributed by atoms with Crippen LogP contribution < -0.4 is 20.3 Å². The van der Waals surface area contributed by atoms with Crippen molar-refractivity contribution in [2.24, 2.45) is 0 Å². The number of amides is 3. The summed E-state index contributed by atoms with van der Waals surface area (Å²) in [5.41, 5.74) is 0.640. The molecule has 0 bridgehead atoms. The first kappa shape index (κ1) is 16.8. The van der Waals surface area contributed by atoms with Crippen LogP contribution in [0.1, 0.15) is 20.8 Å². The van der Waals surface area contributed by atoms with Gasteiger partial charge in [0.2, 0.25) is 11.8 Å². The largest absolute Gasteiger partial charge is 0.477 e. The van der Waals surface area contributed by atoms with Gasteiger partial charge in [0.1, 0.15) is 11.8 Å². The Balaban J connectivity index is 2.11. The molecule has 1 heterocycles. The van der Waals surface area contributed by atoms with Crippen molar-refractivity contribution in [1.29, 1.82) is 0 Å². The van der Waals surface area contributed by atoms with Gasteiger partial charge in [-0.2, -0.15) is 0 Å². The summed E-state index contributed by atoms with van der Waals surface area (Å²) in [5.74, 6) is -0.389. The number of likely N-dealkylation sites (N-methyl/N-ethyl adjacent to an activating group) is 1. The van der Waals surface area contributed by atoms with E-state index in [1.54, 1.807) is 38.1 Å². The predicted molar refractivity (Wildman–Crippen MR) is 85.2 cm³/mol. The van der Waals surface area contributed by atoms with E-state index in [1.807, 2.05) is 0 Å². The number of nitrogens with zero attached hydrogens (tertiary/aromatic N) is 1. The third-order valence-electron chi connectivity index (χ3n) is 3.55. The zero-order chi connectivity index (χ0) is 17.0. The number of fused-ring (bicyclic) bond motifs is 1. The fourth-order valence-corrected chi connectivity index (χ4v) is 2.37. The summed E-state index contributed by atoms with van der Waals surface area (Å²) >= 11 is 0. The maximum atomic E-state index is 12.3. The van der Waals surface area contributed by atoms with Gasteiger partial charge in [-0.1, -0.05) is 12.1 Å². The first-order valence-electron chi connectivity index (χ1n) is 7.56. The highest BCUT2D eigenvalue weighted by atomic mass is 16.5. The van der Waals surface area contributed by atoms with E-state index in [4.69, 9.17) is 4.74 Å². The van der Waals surface area contributed by atoms with Crippen molar-refractivity contribution in [2.75, 3.05) is 18.0 Å². The summed E-state index contributed by atoms with van der Waals surface area (Å²) in [6.45, 7) is 5.44. The number of carbonyl (C=O) groups is 3. The third-order valence-corrected chi connectivity index (χ3v) is 3.55. The number of anilines is 1. The Bertz CT molecular complexity index is 617. The molecule has 0 fully saturated rings. The van der Waals surface area contributed by atoms with Crippen molar-refractivity contribution < 1.29 is 19.1 Å². The molecule has 2 N–H and O–H groups in total. The fourth-order valence-electron chi connectivity index (χ4n) is 2.37. The molecule has 2 atom stereocenters. The van der Waals surface area contributed by atoms with Crippen LogP contribution in [0.5, 0.6) is 5.75 Å². The lowest BCUT2D eigenvalue weighted by molar-refractivity contribution is -0.133. The van der Waals surface area contributed by atoms with Gasteiger partial charge < -0.3 is 20.3 Å². The molecule has 0 saturated carbocycles. The molecule has 1 aromatic carbocycles. The van der Waals surface area contributed by atoms with Gasteiger partial charge in [-0.25, -0.2) is 0 Å². The van der Waals surface area contributed by atoms with Crippen LogP contribution in [0.3, 0.4) is 0 Å². The normalized spacial score (nSPS) is 17.5. The lowest BCUT2D eigenvalue weighted by Crippen LogP contribution is -2.54. The second kappa shape index (κ2) is 7.13. The van der Waals surface area contributed by atoms with E-state index in [0.717, 1.165) is 0 Å². The number of hydrogen-bond acceptors (Lipinski definition) is 4. The molecule has 1 aromatic rings. The van der Waals surface area contributed by atoms with Crippen molar-refractivity contribution in [3.8, 4) is 5.75 Å². The third kappa shape index (κ3) is 3.80. The van der Waals surface area contributed by atoms with E-state index >= 15 is 0 Å². The van der Waals surface area contributed by atoms with Crippen LogP contribution in [0, 0.1) is 0 Å². The van der Waals surface area contributed by atoms with Gasteiger partial charge in [-0.15, -0.1) is 0 Å². The molecule has 2 rings (SSSR count). The Morgan fingerprint density at radius 2 is 2.04 bits per heavy atom. The molecular weight excluding hydrogens is 298 g/mol. The van der Waals surface area contributed by atoms with E-state index < -0.39 is 18.1 Å². The molecule has 124 valence electrons. The van der Waals surface area contributed by atoms with Crippen molar-refractivity contribution in [3.63, 3.8) is 0 Å². The van der Waals surface area contributed by atoms with Crippen molar-refractivity contribution in [3.05, 3.63) is 24.3 Å². The van der Waals surface area contributed by atoms with Gasteiger partial charge in [0, 0.05) is 13.5 Å². The van der Waals surface area contributed by atoms with Gasteiger partial charge >= 0.3 is 0 Å². The van der Waals surface area contributed by atoms with Crippen LogP contribution in [-0.2, 0) is 14.4 Å². The van der Waals surface area contributed by atoms with Crippen LogP contribution >= 0.6 is 0 Å². The Hall–Kier alpha value is -2.57. The van der Waals surface area contributed by atoms with Crippen LogP contribution in [0.25, 0.3) is 0 Å². The summed E-state index contributed by atoms with van der Waals surface area (Å²) in [4.78, 5) is 37.4. The SMILES string of the molecule is CCNC(=O)C(C)NC(=O)C1CN(C(C)=O)c2ccccc2O1. The maximum Gasteiger partial charge on any atom is 0.263 e. The van der Waals surface area contributed by atoms with Crippen molar-refractivity contribution in [2.45, 2.75) is 32.9 Å². The van der Waals surface area contributed by atoms with Crippen molar-refractivity contribution in [1.82, 2.24) is 10.6 Å². The molecule has 0 spiro atoms. The second-order valence-corrected chi connectivity index (χ2v) is 5.33. The highest BCUT2D eigenvalue weighted by molar-refractivity contribution is 5.96. The zero-order valence-corrected chi connectivity index (χ0v) is 13.5. The number of carbonyl (C=O) groups excluding carboxylic acids is 3. The average Bonchev–Trinajstić information content (AvgIpc) is 2.53. The minimum atomic E-state index is -0.856. The summed E-state index contributed by atoms with van der Waals surface area (Å²) < 4.78 is 5.68. The van der Waals surface area contributed by atoms with Crippen LogP contribution in [0.2, 0.25) is 0 Å². The summed E-state index contributed by atoms with van der Waals surface area (Å²) in [5, 5.41) is 5.25. The van der Waals surface area contributed by atoms with Gasteiger partial charge in [0.15, 0.2) is 6.10 Å². The number of nitrogens with one attached hydrogen (secondary N) is 2. The maximum absolute atomic E-state index is 12.3. The van der Waals surface area contributed by atoms with Crippen LogP contribution in [0.4, 0.5) is 5.69 Å². The van der Waals surface area contributed by atoms with Crippen LogP contribution in [0.15, 0.2) is 24.3 Å². The smallest absolute Gasteiger partial charge is 0.263 e. The molecule has 7 nitrogen and oxygen atoms in total. The van der Waals surface area contributed by atoms with Gasteiger partial charge in [-0.05, 0) is 26.0 Å². The molecule has 1 aliphatic heterocycles. The molecule has 0 aromatic heterocycles. The van der Waals surface area contributed by atoms with Gasteiger partial charge in [0.25, 0.3) is 5.91 Å². The second-order valence-electron chi connectivity index (χ2n) is 5.33. The molecule has 0 saturated heterocycles. The molecule has 0 radical (unpaired) electrons. The first-order chi connectivity index (χ1) is 10.9. The van der Waals surface area contributed by atoms with Gasteiger partial charge in [0.05, 0.1) is 12.2 Å². The van der Waals surface area contributed by atoms with Crippen LogP contribution in [-0.4, -0.2) is 43.0 Å². The van der Waals surface area contributed by atoms with Crippen molar-refractivity contribution >= 4 is 23.4 Å². The lowest BCUT2D eigenvalue weighted by Gasteiger charge is -2.33. The van der Waals surface area contributed by atoms with E-state index in [0.29, 0.717) is 18.0 Å². The monoisotopic (exact) mass is 319 g/mol. The molecule has 23 heavy (non-hydrogen) atoms. The number of para-hydroxylation sites is 2. The Morgan fingerprint density at radius 3 is 2.70 bits per heavy atom. The molecular formula is C16H21N3O4. The highest BCUT2D eigenvalue weighted by Crippen LogP contribution is 2.33. The number of hydrogen-bond donors (Lipinski definition) is 2. The lowest BCUT2D eigenvalue weighted by atomic mass is 10.1. The number of ether oxygens (including phenoxy) is 1. The zero-order valence-electron chi connectivity index (χ0n) is 13.5. The fraction of sp³-hybridized carbons (Fsp3) is 0.438. The molecule has 7 heteroatoms. The highest BCUT2D eigenvalue weighted by Gasteiger charge is 2.33. The Labute approximate surface area is 135 Å². The standard InChI is InChI=1S/C16H21N3O4/c1-4-17-15(21)10(2)18-16(22)14-9-19(11(3)20)12-7-5-6-8-13(12)23-14/h5-8,10,14H,4,9H2,1-3H3,(H,17,21)(H,18,22). The minimum absolute atomic E-state index is 0.111. The first-order valence-corrected chi connectivity index (χ1v) is 7.56. The molecule has 1 aliphatic rings. The quantitative estimate of drug-likeness (QED) is 0.843. The average molecular weight is 319 g/mol. The molecule has 0 aliphatic carbocycles. The summed E-state index contributed by atoms with van der Waals surface area (Å²) in [7, 11) is 0. The van der Waals surface area contributed by atoms with E-state index in [2.05, 4.69) is 10.6 Å². The Kier molecular flexibility index (Phi) is 5.20. The number of benzene rings is 1.